The van der Waals surface area contributed by atoms with Crippen molar-refractivity contribution in [2.45, 2.75) is 46.2 Å². The lowest BCUT2D eigenvalue weighted by atomic mass is 9.97. The van der Waals surface area contributed by atoms with Crippen LogP contribution in [0, 0.1) is 5.92 Å². The van der Waals surface area contributed by atoms with E-state index < -0.39 is 0 Å². The summed E-state index contributed by atoms with van der Waals surface area (Å²) in [5, 5.41) is 8.62. The molecular formula is C14H26ClN3O. The highest BCUT2D eigenvalue weighted by Crippen LogP contribution is 2.28. The molecule has 1 N–H and O–H groups in total. The molecular weight excluding hydrogens is 262 g/mol. The van der Waals surface area contributed by atoms with Gasteiger partial charge in [0.1, 0.15) is 0 Å². The Bertz CT molecular complexity index is 368. The quantitative estimate of drug-likeness (QED) is 0.758. The van der Waals surface area contributed by atoms with E-state index >= 15 is 0 Å². The third kappa shape index (κ3) is 4.79. The number of hydrogen-bond donors (Lipinski definition) is 1. The fourth-order valence-corrected chi connectivity index (χ4v) is 2.45. The summed E-state index contributed by atoms with van der Waals surface area (Å²) >= 11 is 6.32. The molecule has 2 unspecified atom stereocenters. The molecule has 0 amide bonds. The first kappa shape index (κ1) is 16.5. The monoisotopic (exact) mass is 287 g/mol. The molecule has 110 valence electrons. The van der Waals surface area contributed by atoms with E-state index in [1.165, 1.54) is 6.42 Å². The average Bonchev–Trinajstić information content (AvgIpc) is 2.76. The minimum absolute atomic E-state index is 0.256. The Morgan fingerprint density at radius 3 is 2.79 bits per heavy atom. The normalized spacial score (nSPS) is 14.6. The molecule has 0 bridgehead atoms. The zero-order valence-electron chi connectivity index (χ0n) is 12.4. The number of ether oxygens (including phenoxy) is 1. The van der Waals surface area contributed by atoms with Crippen molar-refractivity contribution in [1.82, 2.24) is 15.1 Å². The van der Waals surface area contributed by atoms with Crippen molar-refractivity contribution in [2.75, 3.05) is 20.3 Å². The number of nitrogens with one attached hydrogen (secondary N) is 1. The third-order valence-electron chi connectivity index (χ3n) is 3.46. The van der Waals surface area contributed by atoms with Crippen molar-refractivity contribution in [2.24, 2.45) is 5.92 Å². The van der Waals surface area contributed by atoms with E-state index in [0.29, 0.717) is 12.5 Å². The van der Waals surface area contributed by atoms with Crippen molar-refractivity contribution in [3.63, 3.8) is 0 Å². The number of halogens is 1. The zero-order chi connectivity index (χ0) is 14.3. The maximum Gasteiger partial charge on any atom is 0.0834 e. The third-order valence-corrected chi connectivity index (χ3v) is 3.75. The van der Waals surface area contributed by atoms with E-state index in [4.69, 9.17) is 16.3 Å². The molecule has 0 saturated heterocycles. The molecule has 0 fully saturated rings. The van der Waals surface area contributed by atoms with Gasteiger partial charge in [-0.25, -0.2) is 0 Å². The van der Waals surface area contributed by atoms with Crippen molar-refractivity contribution in [3.05, 3.63) is 16.9 Å². The summed E-state index contributed by atoms with van der Waals surface area (Å²) in [5.74, 6) is 0.658. The molecule has 0 aliphatic rings. The van der Waals surface area contributed by atoms with Gasteiger partial charge in [0.25, 0.3) is 0 Å². The summed E-state index contributed by atoms with van der Waals surface area (Å²) in [6.45, 7) is 8.92. The second-order valence-electron chi connectivity index (χ2n) is 4.95. The van der Waals surface area contributed by atoms with Crippen LogP contribution in [0.15, 0.2) is 6.20 Å². The minimum Gasteiger partial charge on any atom is -0.383 e. The summed E-state index contributed by atoms with van der Waals surface area (Å²) < 4.78 is 7.09. The van der Waals surface area contributed by atoms with Gasteiger partial charge in [-0.05, 0) is 18.9 Å². The second-order valence-corrected chi connectivity index (χ2v) is 5.36. The van der Waals surface area contributed by atoms with Crippen molar-refractivity contribution in [1.29, 1.82) is 0 Å². The molecule has 1 rings (SSSR count). The van der Waals surface area contributed by atoms with Crippen LogP contribution in [0.1, 0.15) is 45.3 Å². The molecule has 1 heterocycles. The fraction of sp³-hybridized carbons (Fsp3) is 0.786. The number of rotatable bonds is 9. The highest BCUT2D eigenvalue weighted by molar-refractivity contribution is 6.31. The van der Waals surface area contributed by atoms with Gasteiger partial charge in [-0.15, -0.1) is 0 Å². The molecule has 1 aromatic rings. The van der Waals surface area contributed by atoms with Crippen LogP contribution in [0.3, 0.4) is 0 Å². The number of aromatic nitrogens is 2. The lowest BCUT2D eigenvalue weighted by molar-refractivity contribution is 0.181. The van der Waals surface area contributed by atoms with E-state index in [1.54, 1.807) is 13.3 Å². The molecule has 0 aromatic carbocycles. The first-order valence-electron chi connectivity index (χ1n) is 7.07. The van der Waals surface area contributed by atoms with Gasteiger partial charge in [0.15, 0.2) is 0 Å². The average molecular weight is 288 g/mol. The first-order valence-corrected chi connectivity index (χ1v) is 7.45. The molecule has 1 aromatic heterocycles. The molecule has 0 saturated carbocycles. The lowest BCUT2D eigenvalue weighted by Gasteiger charge is -2.23. The lowest BCUT2D eigenvalue weighted by Crippen LogP contribution is -2.26. The van der Waals surface area contributed by atoms with Crippen LogP contribution in [0.4, 0.5) is 0 Å². The Kier molecular flexibility index (Phi) is 7.42. The fourth-order valence-electron chi connectivity index (χ4n) is 2.18. The van der Waals surface area contributed by atoms with Gasteiger partial charge in [0.05, 0.1) is 36.1 Å². The van der Waals surface area contributed by atoms with E-state index in [1.807, 2.05) is 4.68 Å². The molecule has 0 aliphatic carbocycles. The smallest absolute Gasteiger partial charge is 0.0834 e. The molecule has 0 spiro atoms. The van der Waals surface area contributed by atoms with Gasteiger partial charge in [-0.1, -0.05) is 38.8 Å². The van der Waals surface area contributed by atoms with Gasteiger partial charge in [0, 0.05) is 7.11 Å². The Balaban J connectivity index is 2.89. The van der Waals surface area contributed by atoms with Crippen molar-refractivity contribution < 1.29 is 4.74 Å². The van der Waals surface area contributed by atoms with E-state index in [-0.39, 0.29) is 6.04 Å². The highest BCUT2D eigenvalue weighted by Gasteiger charge is 2.21. The summed E-state index contributed by atoms with van der Waals surface area (Å²) in [6.07, 6.45) is 3.97. The van der Waals surface area contributed by atoms with Crippen LogP contribution >= 0.6 is 11.6 Å². The predicted molar refractivity (Wildman–Crippen MR) is 79.6 cm³/mol. The summed E-state index contributed by atoms with van der Waals surface area (Å²) in [6, 6.07) is 0.256. The summed E-state index contributed by atoms with van der Waals surface area (Å²) in [7, 11) is 1.70. The van der Waals surface area contributed by atoms with Gasteiger partial charge in [0.2, 0.25) is 0 Å². The van der Waals surface area contributed by atoms with Crippen molar-refractivity contribution in [3.8, 4) is 0 Å². The molecule has 19 heavy (non-hydrogen) atoms. The maximum absolute atomic E-state index is 6.32. The number of methoxy groups -OCH3 is 1. The second kappa shape index (κ2) is 8.56. The van der Waals surface area contributed by atoms with Gasteiger partial charge in [-0.2, -0.15) is 5.10 Å². The van der Waals surface area contributed by atoms with Crippen LogP contribution < -0.4 is 5.32 Å². The van der Waals surface area contributed by atoms with Crippen molar-refractivity contribution >= 4 is 11.6 Å². The van der Waals surface area contributed by atoms with Gasteiger partial charge >= 0.3 is 0 Å². The van der Waals surface area contributed by atoms with E-state index in [0.717, 1.165) is 30.2 Å². The van der Waals surface area contributed by atoms with Gasteiger partial charge < -0.3 is 10.1 Å². The minimum atomic E-state index is 0.256. The molecule has 0 radical (unpaired) electrons. The van der Waals surface area contributed by atoms with Crippen LogP contribution in [-0.2, 0) is 11.3 Å². The molecule has 5 heteroatoms. The summed E-state index contributed by atoms with van der Waals surface area (Å²) in [5.41, 5.74) is 1.08. The maximum atomic E-state index is 6.32. The molecule has 2 atom stereocenters. The Labute approximate surface area is 121 Å². The van der Waals surface area contributed by atoms with Crippen LogP contribution in [0.5, 0.6) is 0 Å². The topological polar surface area (TPSA) is 39.1 Å². The Hall–Kier alpha value is -0.580. The zero-order valence-corrected chi connectivity index (χ0v) is 13.2. The predicted octanol–water partition coefficient (Wildman–Crippen LogP) is 3.27. The standard InChI is InChI=1S/C14H26ClN3O/c1-5-11(3)9-13(16-6-2)14-12(15)10-17-18(14)7-8-19-4/h10-11,13,16H,5-9H2,1-4H3. The summed E-state index contributed by atoms with van der Waals surface area (Å²) in [4.78, 5) is 0. The van der Waals surface area contributed by atoms with Crippen LogP contribution in [0.25, 0.3) is 0 Å². The molecule has 4 nitrogen and oxygen atoms in total. The Morgan fingerprint density at radius 2 is 2.21 bits per heavy atom. The van der Waals surface area contributed by atoms with Gasteiger partial charge in [-0.3, -0.25) is 4.68 Å². The Morgan fingerprint density at radius 1 is 1.47 bits per heavy atom. The highest BCUT2D eigenvalue weighted by atomic mass is 35.5. The number of nitrogens with zero attached hydrogens (tertiary/aromatic N) is 2. The van der Waals surface area contributed by atoms with Crippen LogP contribution in [-0.4, -0.2) is 30.0 Å². The number of hydrogen-bond acceptors (Lipinski definition) is 3. The molecule has 0 aliphatic heterocycles. The largest absolute Gasteiger partial charge is 0.383 e. The van der Waals surface area contributed by atoms with E-state index in [9.17, 15) is 0 Å². The van der Waals surface area contributed by atoms with Crippen LogP contribution in [0.2, 0.25) is 5.02 Å². The van der Waals surface area contributed by atoms with E-state index in [2.05, 4.69) is 31.2 Å². The SMILES string of the molecule is CCNC(CC(C)CC)c1c(Cl)cnn1CCOC. The first-order chi connectivity index (χ1) is 9.13.